The van der Waals surface area contributed by atoms with Crippen LogP contribution in [0.4, 0.5) is 0 Å². The zero-order valence-corrected chi connectivity index (χ0v) is 12.0. The molecule has 20 heavy (non-hydrogen) atoms. The van der Waals surface area contributed by atoms with Crippen molar-refractivity contribution in [2.24, 2.45) is 0 Å². The van der Waals surface area contributed by atoms with E-state index in [-0.39, 0.29) is 24.8 Å². The Hall–Kier alpha value is -1.55. The summed E-state index contributed by atoms with van der Waals surface area (Å²) >= 11 is 6.06. The predicted molar refractivity (Wildman–Crippen MR) is 76.5 cm³/mol. The molecule has 0 bridgehead atoms. The Labute approximate surface area is 123 Å². The Balaban J connectivity index is 1.61. The average molecular weight is 293 g/mol. The van der Waals surface area contributed by atoms with Gasteiger partial charge in [-0.2, -0.15) is 0 Å². The highest BCUT2D eigenvalue weighted by molar-refractivity contribution is 6.31. The van der Waals surface area contributed by atoms with E-state index in [1.165, 1.54) is 0 Å². The van der Waals surface area contributed by atoms with Crippen molar-refractivity contribution in [3.8, 4) is 0 Å². The second-order valence-corrected chi connectivity index (χ2v) is 5.81. The van der Waals surface area contributed by atoms with Gasteiger partial charge in [-0.25, -0.2) is 0 Å². The summed E-state index contributed by atoms with van der Waals surface area (Å²) in [4.78, 5) is 27.8. The lowest BCUT2D eigenvalue weighted by Gasteiger charge is -2.34. The van der Waals surface area contributed by atoms with Crippen LogP contribution in [-0.4, -0.2) is 47.3 Å². The summed E-state index contributed by atoms with van der Waals surface area (Å²) in [5.74, 6) is 0.0492. The normalized spacial score (nSPS) is 19.4. The van der Waals surface area contributed by atoms with E-state index in [1.54, 1.807) is 11.0 Å². The summed E-state index contributed by atoms with van der Waals surface area (Å²) in [6, 6.07) is 7.77. The van der Waals surface area contributed by atoms with E-state index in [4.69, 9.17) is 11.6 Å². The molecule has 2 fully saturated rings. The first-order chi connectivity index (χ1) is 9.65. The first-order valence-corrected chi connectivity index (χ1v) is 7.33. The molecule has 3 rings (SSSR count). The number of nitrogens with zero attached hydrogens (tertiary/aromatic N) is 2. The number of carbonyl (C=O) groups excluding carboxylic acids is 2. The van der Waals surface area contributed by atoms with Gasteiger partial charge in [0.1, 0.15) is 0 Å². The maximum atomic E-state index is 12.3. The molecule has 1 aliphatic heterocycles. The number of carbonyl (C=O) groups is 2. The Morgan fingerprint density at radius 2 is 2.00 bits per heavy atom. The van der Waals surface area contributed by atoms with Gasteiger partial charge in [0.2, 0.25) is 11.8 Å². The van der Waals surface area contributed by atoms with Crippen molar-refractivity contribution in [1.29, 1.82) is 0 Å². The standard InChI is InChI=1S/C15H17ClN2O2/c16-13-4-2-1-3-11(13)9-14(19)17-7-8-18(12-5-6-12)15(20)10-17/h1-4,12H,5-10H2. The Morgan fingerprint density at radius 1 is 1.25 bits per heavy atom. The molecule has 0 aromatic heterocycles. The van der Waals surface area contributed by atoms with Gasteiger partial charge in [-0.3, -0.25) is 9.59 Å². The minimum absolute atomic E-state index is 0.0260. The smallest absolute Gasteiger partial charge is 0.242 e. The lowest BCUT2D eigenvalue weighted by Crippen LogP contribution is -2.53. The maximum absolute atomic E-state index is 12.3. The summed E-state index contributed by atoms with van der Waals surface area (Å²) < 4.78 is 0. The molecule has 1 aromatic carbocycles. The molecule has 4 nitrogen and oxygen atoms in total. The van der Waals surface area contributed by atoms with Gasteiger partial charge in [0.15, 0.2) is 0 Å². The van der Waals surface area contributed by atoms with Crippen molar-refractivity contribution in [1.82, 2.24) is 9.80 Å². The summed E-state index contributed by atoms with van der Waals surface area (Å²) in [5.41, 5.74) is 0.816. The topological polar surface area (TPSA) is 40.6 Å². The van der Waals surface area contributed by atoms with Crippen molar-refractivity contribution >= 4 is 23.4 Å². The number of rotatable bonds is 3. The van der Waals surface area contributed by atoms with Crippen LogP contribution < -0.4 is 0 Å². The van der Waals surface area contributed by atoms with Gasteiger partial charge in [0.05, 0.1) is 13.0 Å². The second-order valence-electron chi connectivity index (χ2n) is 5.40. The molecular weight excluding hydrogens is 276 g/mol. The summed E-state index contributed by atoms with van der Waals surface area (Å²) in [6.07, 6.45) is 2.48. The van der Waals surface area contributed by atoms with Crippen LogP contribution in [0.3, 0.4) is 0 Å². The molecule has 1 aromatic rings. The molecule has 1 saturated carbocycles. The third-order valence-electron chi connectivity index (χ3n) is 3.90. The molecule has 0 unspecified atom stereocenters. The third kappa shape index (κ3) is 2.80. The molecule has 0 atom stereocenters. The van der Waals surface area contributed by atoms with Gasteiger partial charge in [0.25, 0.3) is 0 Å². The van der Waals surface area contributed by atoms with E-state index < -0.39 is 0 Å². The van der Waals surface area contributed by atoms with Crippen LogP contribution in [0.25, 0.3) is 0 Å². The van der Waals surface area contributed by atoms with Gasteiger partial charge in [-0.05, 0) is 24.5 Å². The van der Waals surface area contributed by atoms with Crippen molar-refractivity contribution in [2.75, 3.05) is 19.6 Å². The molecule has 106 valence electrons. The fourth-order valence-electron chi connectivity index (χ4n) is 2.59. The van der Waals surface area contributed by atoms with E-state index in [9.17, 15) is 9.59 Å². The number of benzene rings is 1. The molecule has 0 radical (unpaired) electrons. The molecule has 1 aliphatic carbocycles. The predicted octanol–water partition coefficient (Wildman–Crippen LogP) is 1.72. The zero-order chi connectivity index (χ0) is 14.1. The van der Waals surface area contributed by atoms with E-state index in [0.29, 0.717) is 24.2 Å². The maximum Gasteiger partial charge on any atom is 0.242 e. The van der Waals surface area contributed by atoms with Crippen LogP contribution in [0.1, 0.15) is 18.4 Å². The number of amides is 2. The van der Waals surface area contributed by atoms with E-state index in [1.807, 2.05) is 23.1 Å². The highest BCUT2D eigenvalue weighted by atomic mass is 35.5. The minimum Gasteiger partial charge on any atom is -0.336 e. The summed E-state index contributed by atoms with van der Waals surface area (Å²) in [7, 11) is 0. The Morgan fingerprint density at radius 3 is 2.65 bits per heavy atom. The van der Waals surface area contributed by atoms with Crippen LogP contribution in [0, 0.1) is 0 Å². The molecule has 0 spiro atoms. The SMILES string of the molecule is O=C(Cc1ccccc1Cl)N1CCN(C2CC2)C(=O)C1. The highest BCUT2D eigenvalue weighted by Crippen LogP contribution is 2.28. The lowest BCUT2D eigenvalue weighted by molar-refractivity contribution is -0.145. The minimum atomic E-state index is -0.0260. The second kappa shape index (κ2) is 5.44. The van der Waals surface area contributed by atoms with Gasteiger partial charge < -0.3 is 9.80 Å². The first-order valence-electron chi connectivity index (χ1n) is 6.96. The van der Waals surface area contributed by atoms with Crippen molar-refractivity contribution in [3.05, 3.63) is 34.9 Å². The molecule has 2 amide bonds. The quantitative estimate of drug-likeness (QED) is 0.851. The average Bonchev–Trinajstić information content (AvgIpc) is 3.25. The van der Waals surface area contributed by atoms with Gasteiger partial charge >= 0.3 is 0 Å². The number of piperazine rings is 1. The van der Waals surface area contributed by atoms with Crippen LogP contribution in [0.5, 0.6) is 0 Å². The number of hydrogen-bond acceptors (Lipinski definition) is 2. The van der Waals surface area contributed by atoms with Crippen LogP contribution in [0.2, 0.25) is 5.02 Å². The summed E-state index contributed by atoms with van der Waals surface area (Å²) in [6.45, 7) is 1.50. The van der Waals surface area contributed by atoms with Crippen molar-refractivity contribution in [3.63, 3.8) is 0 Å². The fourth-order valence-corrected chi connectivity index (χ4v) is 2.79. The highest BCUT2D eigenvalue weighted by Gasteiger charge is 2.36. The van der Waals surface area contributed by atoms with Gasteiger partial charge in [0, 0.05) is 24.2 Å². The summed E-state index contributed by atoms with van der Waals surface area (Å²) in [5, 5.41) is 0.601. The zero-order valence-electron chi connectivity index (χ0n) is 11.2. The van der Waals surface area contributed by atoms with E-state index in [0.717, 1.165) is 18.4 Å². The largest absolute Gasteiger partial charge is 0.336 e. The molecule has 1 heterocycles. The number of hydrogen-bond donors (Lipinski definition) is 0. The van der Waals surface area contributed by atoms with E-state index in [2.05, 4.69) is 0 Å². The molecule has 5 heteroatoms. The first kappa shape index (κ1) is 13.4. The van der Waals surface area contributed by atoms with Crippen LogP contribution in [-0.2, 0) is 16.0 Å². The fraction of sp³-hybridized carbons (Fsp3) is 0.467. The number of halogens is 1. The van der Waals surface area contributed by atoms with Crippen molar-refractivity contribution < 1.29 is 9.59 Å². The molecule has 2 aliphatic rings. The van der Waals surface area contributed by atoms with Crippen molar-refractivity contribution in [2.45, 2.75) is 25.3 Å². The van der Waals surface area contributed by atoms with Crippen LogP contribution >= 0.6 is 11.6 Å². The monoisotopic (exact) mass is 292 g/mol. The third-order valence-corrected chi connectivity index (χ3v) is 4.27. The van der Waals surface area contributed by atoms with Gasteiger partial charge in [-0.15, -0.1) is 0 Å². The Bertz CT molecular complexity index is 542. The van der Waals surface area contributed by atoms with E-state index >= 15 is 0 Å². The van der Waals surface area contributed by atoms with Gasteiger partial charge in [-0.1, -0.05) is 29.8 Å². The van der Waals surface area contributed by atoms with Crippen LogP contribution in [0.15, 0.2) is 24.3 Å². The Kier molecular flexibility index (Phi) is 3.66. The molecule has 1 saturated heterocycles. The lowest BCUT2D eigenvalue weighted by atomic mass is 10.1. The molecule has 0 N–H and O–H groups in total. The molecular formula is C15H17ClN2O2.